The molecule has 1 atom stereocenters. The first-order valence-corrected chi connectivity index (χ1v) is 9.95. The van der Waals surface area contributed by atoms with Gasteiger partial charge in [-0.05, 0) is 51.9 Å². The molecule has 0 spiro atoms. The van der Waals surface area contributed by atoms with Gasteiger partial charge in [0.2, 0.25) is 0 Å². The fraction of sp³-hybridized carbons (Fsp3) is 0.810. The maximum absolute atomic E-state index is 11.7. The van der Waals surface area contributed by atoms with Crippen LogP contribution in [0.25, 0.3) is 0 Å². The maximum atomic E-state index is 11.7. The number of carboxylic acids is 1. The number of carbonyl (C=O) groups excluding carboxylic acids is 1. The Morgan fingerprint density at radius 2 is 1.42 bits per heavy atom. The van der Waals surface area contributed by atoms with Gasteiger partial charge in [0.25, 0.3) is 0 Å². The Morgan fingerprint density at radius 3 is 2.04 bits per heavy atom. The monoisotopic (exact) mass is 338 g/mol. The van der Waals surface area contributed by atoms with Crippen LogP contribution in [-0.2, 0) is 9.59 Å². The first-order chi connectivity index (χ1) is 11.6. The standard InChI is InChI=1S/C21H38O3/c1-3-4-5-6-7-8-9-10-13-16-20(19(2)22)17-14-11-12-15-18-21(23)24/h8-9,20H,3-7,10-18H2,1-2H3,(H,23,24). The van der Waals surface area contributed by atoms with E-state index < -0.39 is 5.97 Å². The van der Waals surface area contributed by atoms with Gasteiger partial charge in [-0.1, -0.05) is 57.6 Å². The van der Waals surface area contributed by atoms with Crippen molar-refractivity contribution in [2.24, 2.45) is 5.92 Å². The first-order valence-electron chi connectivity index (χ1n) is 9.95. The third kappa shape index (κ3) is 15.8. The van der Waals surface area contributed by atoms with Crippen LogP contribution in [0.3, 0.4) is 0 Å². The molecule has 1 unspecified atom stereocenters. The molecule has 0 bridgehead atoms. The average Bonchev–Trinajstić information content (AvgIpc) is 2.53. The number of hydrogen-bond acceptors (Lipinski definition) is 2. The lowest BCUT2D eigenvalue weighted by Gasteiger charge is -2.12. The van der Waals surface area contributed by atoms with Gasteiger partial charge in [-0.25, -0.2) is 0 Å². The molecular formula is C21H38O3. The minimum atomic E-state index is -0.713. The van der Waals surface area contributed by atoms with E-state index >= 15 is 0 Å². The molecule has 0 aliphatic rings. The van der Waals surface area contributed by atoms with Gasteiger partial charge < -0.3 is 5.11 Å². The zero-order chi connectivity index (χ0) is 18.0. The molecule has 0 aliphatic carbocycles. The van der Waals surface area contributed by atoms with Crippen molar-refractivity contribution in [3.05, 3.63) is 12.2 Å². The van der Waals surface area contributed by atoms with Gasteiger partial charge in [-0.15, -0.1) is 0 Å². The third-order valence-electron chi connectivity index (χ3n) is 4.58. The highest BCUT2D eigenvalue weighted by atomic mass is 16.4. The van der Waals surface area contributed by atoms with Crippen LogP contribution in [0.2, 0.25) is 0 Å². The van der Waals surface area contributed by atoms with Gasteiger partial charge in [0.15, 0.2) is 0 Å². The molecule has 3 heteroatoms. The summed E-state index contributed by atoms with van der Waals surface area (Å²) in [5.74, 6) is -0.207. The lowest BCUT2D eigenvalue weighted by molar-refractivity contribution is -0.137. The number of carbonyl (C=O) groups is 2. The van der Waals surface area contributed by atoms with Crippen LogP contribution in [0.15, 0.2) is 12.2 Å². The summed E-state index contributed by atoms with van der Waals surface area (Å²) >= 11 is 0. The highest BCUT2D eigenvalue weighted by molar-refractivity contribution is 5.78. The summed E-state index contributed by atoms with van der Waals surface area (Å²) in [6, 6.07) is 0. The summed E-state index contributed by atoms with van der Waals surface area (Å²) in [6.07, 6.45) is 19.2. The summed E-state index contributed by atoms with van der Waals surface area (Å²) < 4.78 is 0. The molecule has 140 valence electrons. The van der Waals surface area contributed by atoms with Crippen molar-refractivity contribution in [2.75, 3.05) is 0 Å². The van der Waals surface area contributed by atoms with Crippen LogP contribution in [0.5, 0.6) is 0 Å². The molecule has 0 saturated heterocycles. The SMILES string of the molecule is CCCCCCC=CCCCC(CCCCCCC(=O)O)C(C)=O. The van der Waals surface area contributed by atoms with Gasteiger partial charge >= 0.3 is 5.97 Å². The third-order valence-corrected chi connectivity index (χ3v) is 4.58. The van der Waals surface area contributed by atoms with Crippen LogP contribution in [0, 0.1) is 5.92 Å². The number of ketones is 1. The Bertz CT molecular complexity index is 347. The van der Waals surface area contributed by atoms with E-state index in [2.05, 4.69) is 19.1 Å². The zero-order valence-corrected chi connectivity index (χ0v) is 15.9. The maximum Gasteiger partial charge on any atom is 0.303 e. The second kappa shape index (κ2) is 16.7. The van der Waals surface area contributed by atoms with Crippen LogP contribution in [0.4, 0.5) is 0 Å². The lowest BCUT2D eigenvalue weighted by Crippen LogP contribution is -2.10. The summed E-state index contributed by atoms with van der Waals surface area (Å²) in [4.78, 5) is 22.2. The van der Waals surface area contributed by atoms with Crippen LogP contribution >= 0.6 is 0 Å². The predicted molar refractivity (Wildman–Crippen MR) is 101 cm³/mol. The Morgan fingerprint density at radius 1 is 0.833 bits per heavy atom. The number of carboxylic acid groups (broad SMARTS) is 1. The minimum absolute atomic E-state index is 0.197. The second-order valence-corrected chi connectivity index (χ2v) is 6.91. The highest BCUT2D eigenvalue weighted by Crippen LogP contribution is 2.19. The van der Waals surface area contributed by atoms with E-state index in [9.17, 15) is 9.59 Å². The lowest BCUT2D eigenvalue weighted by atomic mass is 9.92. The van der Waals surface area contributed by atoms with E-state index in [1.165, 1.54) is 32.1 Å². The molecule has 24 heavy (non-hydrogen) atoms. The normalized spacial score (nSPS) is 12.6. The quantitative estimate of drug-likeness (QED) is 0.249. The molecule has 1 N–H and O–H groups in total. The average molecular weight is 339 g/mol. The van der Waals surface area contributed by atoms with Crippen molar-refractivity contribution in [1.29, 1.82) is 0 Å². The van der Waals surface area contributed by atoms with Crippen molar-refractivity contribution in [1.82, 2.24) is 0 Å². The molecule has 3 nitrogen and oxygen atoms in total. The molecule has 0 aromatic rings. The number of Topliss-reactive ketones (excluding diaryl/α,β-unsaturated/α-hetero) is 1. The molecule has 0 rings (SSSR count). The van der Waals surface area contributed by atoms with Crippen molar-refractivity contribution in [3.63, 3.8) is 0 Å². The van der Waals surface area contributed by atoms with Gasteiger partial charge in [0.05, 0.1) is 0 Å². The van der Waals surface area contributed by atoms with Gasteiger partial charge in [0.1, 0.15) is 5.78 Å². The molecule has 0 radical (unpaired) electrons. The van der Waals surface area contributed by atoms with Crippen LogP contribution in [0.1, 0.15) is 104 Å². The highest BCUT2D eigenvalue weighted by Gasteiger charge is 2.12. The van der Waals surface area contributed by atoms with Crippen molar-refractivity contribution in [3.8, 4) is 0 Å². The number of hydrogen-bond donors (Lipinski definition) is 1. The Hall–Kier alpha value is -1.12. The van der Waals surface area contributed by atoms with E-state index in [4.69, 9.17) is 5.11 Å². The first kappa shape index (κ1) is 22.9. The fourth-order valence-electron chi connectivity index (χ4n) is 2.98. The molecule has 0 fully saturated rings. The van der Waals surface area contributed by atoms with Gasteiger partial charge in [-0.3, -0.25) is 9.59 Å². The summed E-state index contributed by atoms with van der Waals surface area (Å²) in [5.41, 5.74) is 0. The molecule has 0 heterocycles. The smallest absolute Gasteiger partial charge is 0.303 e. The second-order valence-electron chi connectivity index (χ2n) is 6.91. The van der Waals surface area contributed by atoms with E-state index in [0.29, 0.717) is 5.78 Å². The molecule has 0 saturated carbocycles. The summed E-state index contributed by atoms with van der Waals surface area (Å²) in [6.45, 7) is 3.94. The fourth-order valence-corrected chi connectivity index (χ4v) is 2.98. The topological polar surface area (TPSA) is 54.4 Å². The number of allylic oxidation sites excluding steroid dienone is 2. The zero-order valence-electron chi connectivity index (χ0n) is 15.9. The van der Waals surface area contributed by atoms with E-state index in [-0.39, 0.29) is 12.3 Å². The van der Waals surface area contributed by atoms with Crippen LogP contribution < -0.4 is 0 Å². The van der Waals surface area contributed by atoms with Crippen LogP contribution in [-0.4, -0.2) is 16.9 Å². The van der Waals surface area contributed by atoms with Crippen molar-refractivity contribution in [2.45, 2.75) is 104 Å². The molecule has 0 aromatic carbocycles. The van der Waals surface area contributed by atoms with E-state index in [0.717, 1.165) is 51.4 Å². The number of unbranched alkanes of at least 4 members (excludes halogenated alkanes) is 8. The number of rotatable bonds is 17. The summed E-state index contributed by atoms with van der Waals surface area (Å²) in [7, 11) is 0. The molecule has 0 aliphatic heterocycles. The van der Waals surface area contributed by atoms with E-state index in [1.54, 1.807) is 6.92 Å². The number of aliphatic carboxylic acids is 1. The molecule has 0 amide bonds. The van der Waals surface area contributed by atoms with Gasteiger partial charge in [-0.2, -0.15) is 0 Å². The molecule has 0 aromatic heterocycles. The van der Waals surface area contributed by atoms with Crippen molar-refractivity contribution >= 4 is 11.8 Å². The predicted octanol–water partition coefficient (Wildman–Crippen LogP) is 6.31. The largest absolute Gasteiger partial charge is 0.481 e. The molecular weight excluding hydrogens is 300 g/mol. The Labute approximate surface area is 148 Å². The summed E-state index contributed by atoms with van der Waals surface area (Å²) in [5, 5.41) is 8.59. The minimum Gasteiger partial charge on any atom is -0.481 e. The Kier molecular flexibility index (Phi) is 15.9. The van der Waals surface area contributed by atoms with Gasteiger partial charge in [0, 0.05) is 12.3 Å². The Balaban J connectivity index is 3.64. The van der Waals surface area contributed by atoms with E-state index in [1.807, 2.05) is 0 Å². The van der Waals surface area contributed by atoms with Crippen molar-refractivity contribution < 1.29 is 14.7 Å².